The maximum absolute atomic E-state index is 13.6. The van der Waals surface area contributed by atoms with Crippen LogP contribution >= 0.6 is 0 Å². The molecule has 0 saturated heterocycles. The summed E-state index contributed by atoms with van der Waals surface area (Å²) in [7, 11) is 0. The first-order valence-electron chi connectivity index (χ1n) is 9.59. The molecule has 1 amide bonds. The van der Waals surface area contributed by atoms with Gasteiger partial charge in [0, 0.05) is 12.1 Å². The third kappa shape index (κ3) is 4.98. The van der Waals surface area contributed by atoms with Crippen LogP contribution in [0.4, 0.5) is 18.0 Å². The Bertz CT molecular complexity index is 1230. The SMILES string of the molecule is CCNC(=O)Oc1cccc(-c2cc(C(F)(F)F)c(C#N)c(=O)n2Cc2ccccc2)c1. The quantitative estimate of drug-likeness (QED) is 0.629. The number of nitrogens with one attached hydrogen (secondary N) is 1. The van der Waals surface area contributed by atoms with E-state index in [1.165, 1.54) is 30.3 Å². The second-order valence-electron chi connectivity index (χ2n) is 6.75. The number of pyridine rings is 1. The molecule has 0 aliphatic rings. The summed E-state index contributed by atoms with van der Waals surface area (Å²) < 4.78 is 47.1. The van der Waals surface area contributed by atoms with Gasteiger partial charge in [-0.25, -0.2) is 4.79 Å². The number of amides is 1. The van der Waals surface area contributed by atoms with Gasteiger partial charge in [-0.3, -0.25) is 4.79 Å². The van der Waals surface area contributed by atoms with Gasteiger partial charge in [-0.05, 0) is 30.7 Å². The Labute approximate surface area is 181 Å². The Hall–Kier alpha value is -4.06. The Morgan fingerprint density at radius 1 is 1.12 bits per heavy atom. The van der Waals surface area contributed by atoms with Gasteiger partial charge in [0.05, 0.1) is 17.8 Å². The number of alkyl halides is 3. The summed E-state index contributed by atoms with van der Waals surface area (Å²) in [6.45, 7) is 1.98. The molecule has 2 aromatic carbocycles. The number of aromatic nitrogens is 1. The van der Waals surface area contributed by atoms with Gasteiger partial charge in [0.2, 0.25) is 0 Å². The highest BCUT2D eigenvalue weighted by molar-refractivity contribution is 5.72. The van der Waals surface area contributed by atoms with Gasteiger partial charge in [0.25, 0.3) is 5.56 Å². The number of carbonyl (C=O) groups excluding carboxylic acids is 1. The lowest BCUT2D eigenvalue weighted by atomic mass is 10.0. The van der Waals surface area contributed by atoms with Crippen molar-refractivity contribution in [3.8, 4) is 23.1 Å². The molecule has 0 unspecified atom stereocenters. The molecule has 164 valence electrons. The number of rotatable bonds is 5. The molecule has 0 atom stereocenters. The molecule has 3 aromatic rings. The summed E-state index contributed by atoms with van der Waals surface area (Å²) in [6, 6.07) is 16.6. The first-order chi connectivity index (χ1) is 15.2. The summed E-state index contributed by atoms with van der Waals surface area (Å²) in [5.74, 6) is 0.0880. The van der Waals surface area contributed by atoms with Crippen molar-refractivity contribution in [3.63, 3.8) is 0 Å². The topological polar surface area (TPSA) is 84.1 Å². The molecule has 0 aliphatic heterocycles. The minimum atomic E-state index is -4.90. The van der Waals surface area contributed by atoms with Crippen LogP contribution in [0.15, 0.2) is 65.5 Å². The van der Waals surface area contributed by atoms with E-state index in [9.17, 15) is 28.0 Å². The van der Waals surface area contributed by atoms with Gasteiger partial charge in [0.15, 0.2) is 0 Å². The number of ether oxygens (including phenoxy) is 1. The summed E-state index contributed by atoms with van der Waals surface area (Å²) in [5.41, 5.74) is -2.54. The van der Waals surface area contributed by atoms with E-state index in [4.69, 9.17) is 4.74 Å². The molecule has 32 heavy (non-hydrogen) atoms. The highest BCUT2D eigenvalue weighted by atomic mass is 19.4. The van der Waals surface area contributed by atoms with E-state index < -0.39 is 29.0 Å². The van der Waals surface area contributed by atoms with E-state index in [1.807, 2.05) is 0 Å². The van der Waals surface area contributed by atoms with Crippen LogP contribution in [0.3, 0.4) is 0 Å². The van der Waals surface area contributed by atoms with E-state index in [0.717, 1.165) is 10.6 Å². The molecule has 1 heterocycles. The minimum Gasteiger partial charge on any atom is -0.410 e. The van der Waals surface area contributed by atoms with Crippen LogP contribution in [0.1, 0.15) is 23.6 Å². The first kappa shape index (κ1) is 22.6. The normalized spacial score (nSPS) is 11.0. The zero-order valence-electron chi connectivity index (χ0n) is 16.9. The van der Waals surface area contributed by atoms with Crippen molar-refractivity contribution in [3.05, 3.63) is 87.7 Å². The molecular weight excluding hydrogens is 423 g/mol. The number of carbonyl (C=O) groups is 1. The maximum atomic E-state index is 13.6. The van der Waals surface area contributed by atoms with Gasteiger partial charge in [-0.2, -0.15) is 18.4 Å². The van der Waals surface area contributed by atoms with Gasteiger partial charge in [0.1, 0.15) is 17.4 Å². The average molecular weight is 441 g/mol. The third-order valence-corrected chi connectivity index (χ3v) is 4.56. The fraction of sp³-hybridized carbons (Fsp3) is 0.174. The molecule has 0 fully saturated rings. The lowest BCUT2D eigenvalue weighted by Gasteiger charge is -2.18. The Morgan fingerprint density at radius 2 is 1.84 bits per heavy atom. The van der Waals surface area contributed by atoms with Crippen LogP contribution in [-0.2, 0) is 12.7 Å². The second-order valence-corrected chi connectivity index (χ2v) is 6.75. The van der Waals surface area contributed by atoms with Crippen molar-refractivity contribution in [1.82, 2.24) is 9.88 Å². The monoisotopic (exact) mass is 441 g/mol. The molecular formula is C23H18F3N3O3. The number of nitriles is 1. The predicted molar refractivity (Wildman–Crippen MR) is 111 cm³/mol. The lowest BCUT2D eigenvalue weighted by molar-refractivity contribution is -0.137. The summed E-state index contributed by atoms with van der Waals surface area (Å²) in [6.07, 6.45) is -5.62. The lowest BCUT2D eigenvalue weighted by Crippen LogP contribution is -2.28. The van der Waals surface area contributed by atoms with E-state index in [1.54, 1.807) is 37.3 Å². The molecule has 6 nitrogen and oxygen atoms in total. The van der Waals surface area contributed by atoms with Crippen LogP contribution in [0.25, 0.3) is 11.3 Å². The van der Waals surface area contributed by atoms with Crippen molar-refractivity contribution in [2.75, 3.05) is 6.54 Å². The fourth-order valence-corrected chi connectivity index (χ4v) is 3.15. The van der Waals surface area contributed by atoms with E-state index >= 15 is 0 Å². The summed E-state index contributed by atoms with van der Waals surface area (Å²) in [5, 5.41) is 11.7. The van der Waals surface area contributed by atoms with Crippen molar-refractivity contribution in [2.24, 2.45) is 0 Å². The van der Waals surface area contributed by atoms with Crippen molar-refractivity contribution in [1.29, 1.82) is 5.26 Å². The molecule has 0 aliphatic carbocycles. The Kier molecular flexibility index (Phi) is 6.64. The van der Waals surface area contributed by atoms with Crippen molar-refractivity contribution >= 4 is 6.09 Å². The van der Waals surface area contributed by atoms with Gasteiger partial charge in [-0.15, -0.1) is 0 Å². The molecule has 9 heteroatoms. The van der Waals surface area contributed by atoms with E-state index in [0.29, 0.717) is 12.1 Å². The van der Waals surface area contributed by atoms with Crippen LogP contribution in [-0.4, -0.2) is 17.2 Å². The highest BCUT2D eigenvalue weighted by Gasteiger charge is 2.36. The molecule has 0 spiro atoms. The van der Waals surface area contributed by atoms with Crippen molar-refractivity contribution in [2.45, 2.75) is 19.6 Å². The molecule has 0 saturated carbocycles. The predicted octanol–water partition coefficient (Wildman–Crippen LogP) is 4.56. The Balaban J connectivity index is 2.21. The zero-order chi connectivity index (χ0) is 23.3. The molecule has 1 aromatic heterocycles. The molecule has 0 bridgehead atoms. The summed E-state index contributed by atoms with van der Waals surface area (Å²) in [4.78, 5) is 24.7. The largest absolute Gasteiger partial charge is 0.417 e. The summed E-state index contributed by atoms with van der Waals surface area (Å²) >= 11 is 0. The van der Waals surface area contributed by atoms with Crippen LogP contribution < -0.4 is 15.6 Å². The smallest absolute Gasteiger partial charge is 0.410 e. The molecule has 1 N–H and O–H groups in total. The van der Waals surface area contributed by atoms with Crippen molar-refractivity contribution < 1.29 is 22.7 Å². The van der Waals surface area contributed by atoms with E-state index in [-0.39, 0.29) is 23.6 Å². The van der Waals surface area contributed by atoms with Crippen LogP contribution in [0.2, 0.25) is 0 Å². The number of hydrogen-bond donors (Lipinski definition) is 1. The number of hydrogen-bond acceptors (Lipinski definition) is 4. The maximum Gasteiger partial charge on any atom is 0.417 e. The number of benzene rings is 2. The van der Waals surface area contributed by atoms with E-state index in [2.05, 4.69) is 5.32 Å². The van der Waals surface area contributed by atoms with Gasteiger partial charge >= 0.3 is 12.3 Å². The standard InChI is InChI=1S/C23H18F3N3O3/c1-2-28-22(31)32-17-10-6-9-16(11-17)20-12-19(23(24,25)26)18(13-27)21(30)29(20)14-15-7-4-3-5-8-15/h3-12H,2,14H2,1H3,(H,28,31). The third-order valence-electron chi connectivity index (χ3n) is 4.56. The number of nitrogens with zero attached hydrogens (tertiary/aromatic N) is 2. The fourth-order valence-electron chi connectivity index (χ4n) is 3.15. The minimum absolute atomic E-state index is 0.0524. The van der Waals surface area contributed by atoms with Gasteiger partial charge < -0.3 is 14.6 Å². The second kappa shape index (κ2) is 9.39. The molecule has 3 rings (SSSR count). The highest BCUT2D eigenvalue weighted by Crippen LogP contribution is 2.34. The van der Waals surface area contributed by atoms with Gasteiger partial charge in [-0.1, -0.05) is 42.5 Å². The average Bonchev–Trinajstić information content (AvgIpc) is 2.75. The van der Waals surface area contributed by atoms with Crippen LogP contribution in [0.5, 0.6) is 5.75 Å². The Morgan fingerprint density at radius 3 is 2.47 bits per heavy atom. The first-order valence-corrected chi connectivity index (χ1v) is 9.59. The molecule has 0 radical (unpaired) electrons. The number of halogens is 3. The zero-order valence-corrected chi connectivity index (χ0v) is 16.9. The van der Waals surface area contributed by atoms with Crippen LogP contribution in [0, 0.1) is 11.3 Å².